The molecule has 1 heterocycles. The van der Waals surface area contributed by atoms with Gasteiger partial charge in [0.1, 0.15) is 5.75 Å². The minimum atomic E-state index is -1.21. The van der Waals surface area contributed by atoms with Crippen LogP contribution in [0, 0.1) is 5.92 Å². The first-order valence-electron chi connectivity index (χ1n) is 7.62. The Balaban J connectivity index is 1.87. The van der Waals surface area contributed by atoms with E-state index in [2.05, 4.69) is 26.2 Å². The van der Waals surface area contributed by atoms with E-state index >= 15 is 0 Å². The number of nitrogens with zero attached hydrogens (tertiary/aromatic N) is 2. The second-order valence-corrected chi connectivity index (χ2v) is 6.32. The largest absolute Gasteiger partial charge is 0.497 e. The number of nitrogens with one attached hydrogen (secondary N) is 1. The van der Waals surface area contributed by atoms with Crippen LogP contribution >= 0.6 is 15.9 Å². The quantitative estimate of drug-likeness (QED) is 0.613. The lowest BCUT2D eigenvalue weighted by Crippen LogP contribution is -2.58. The second kappa shape index (κ2) is 7.49. The fourth-order valence-corrected chi connectivity index (χ4v) is 2.67. The minimum Gasteiger partial charge on any atom is -0.497 e. The first kappa shape index (κ1) is 17.8. The fraction of sp³-hybridized carbons (Fsp3) is 0.111. The van der Waals surface area contributed by atoms with E-state index in [1.807, 2.05) is 0 Å². The SMILES string of the molecule is COc1cccc(N=C[C@H]2C(=O)NC(=O)N(c3ccc(Br)cc3)C2=O)c1. The van der Waals surface area contributed by atoms with Crippen LogP contribution in [-0.2, 0) is 9.59 Å². The molecule has 3 rings (SSSR count). The Morgan fingerprint density at radius 3 is 2.58 bits per heavy atom. The van der Waals surface area contributed by atoms with Crippen molar-refractivity contribution in [2.24, 2.45) is 10.9 Å². The average molecular weight is 416 g/mol. The van der Waals surface area contributed by atoms with Crippen LogP contribution in [0.1, 0.15) is 0 Å². The van der Waals surface area contributed by atoms with Crippen LogP contribution in [0.15, 0.2) is 58.0 Å². The molecule has 0 saturated carbocycles. The number of carbonyl (C=O) groups is 3. The molecule has 1 fully saturated rings. The summed E-state index contributed by atoms with van der Waals surface area (Å²) in [5.74, 6) is -1.97. The van der Waals surface area contributed by atoms with Crippen molar-refractivity contribution in [3.63, 3.8) is 0 Å². The molecule has 8 heteroatoms. The lowest BCUT2D eigenvalue weighted by molar-refractivity contribution is -0.131. The van der Waals surface area contributed by atoms with Gasteiger partial charge in [-0.3, -0.25) is 19.9 Å². The lowest BCUT2D eigenvalue weighted by atomic mass is 10.1. The Hall–Kier alpha value is -3.00. The summed E-state index contributed by atoms with van der Waals surface area (Å²) in [5, 5.41) is 2.18. The number of barbiturate groups is 1. The third kappa shape index (κ3) is 3.65. The maximum absolute atomic E-state index is 12.7. The highest BCUT2D eigenvalue weighted by molar-refractivity contribution is 9.10. The highest BCUT2D eigenvalue weighted by Gasteiger charge is 2.40. The zero-order valence-electron chi connectivity index (χ0n) is 13.7. The van der Waals surface area contributed by atoms with Crippen molar-refractivity contribution in [2.75, 3.05) is 12.0 Å². The summed E-state index contributed by atoms with van der Waals surface area (Å²) < 4.78 is 5.91. The number of amides is 4. The highest BCUT2D eigenvalue weighted by Crippen LogP contribution is 2.23. The van der Waals surface area contributed by atoms with Gasteiger partial charge in [0.15, 0.2) is 5.92 Å². The Bertz CT molecular complexity index is 896. The molecule has 0 radical (unpaired) electrons. The Labute approximate surface area is 157 Å². The van der Waals surface area contributed by atoms with Crippen molar-refractivity contribution < 1.29 is 19.1 Å². The number of ether oxygens (including phenoxy) is 1. The van der Waals surface area contributed by atoms with Crippen LogP contribution in [0.5, 0.6) is 5.75 Å². The van der Waals surface area contributed by atoms with Crippen LogP contribution < -0.4 is 15.0 Å². The number of rotatable bonds is 4. The summed E-state index contributed by atoms with van der Waals surface area (Å²) in [6, 6.07) is 12.7. The molecule has 0 bridgehead atoms. The average Bonchev–Trinajstić information content (AvgIpc) is 2.63. The molecule has 1 aliphatic heterocycles. The van der Waals surface area contributed by atoms with Crippen molar-refractivity contribution >= 4 is 51.4 Å². The van der Waals surface area contributed by atoms with Crippen molar-refractivity contribution in [1.82, 2.24) is 5.32 Å². The number of hydrogen-bond acceptors (Lipinski definition) is 5. The molecule has 7 nitrogen and oxygen atoms in total. The van der Waals surface area contributed by atoms with Gasteiger partial charge in [0.2, 0.25) is 5.91 Å². The molecule has 1 aliphatic rings. The third-order valence-corrected chi connectivity index (χ3v) is 4.24. The van der Waals surface area contributed by atoms with Gasteiger partial charge in [0, 0.05) is 16.8 Å². The molecule has 0 spiro atoms. The van der Waals surface area contributed by atoms with Gasteiger partial charge in [-0.15, -0.1) is 0 Å². The van der Waals surface area contributed by atoms with Crippen molar-refractivity contribution in [1.29, 1.82) is 0 Å². The van der Waals surface area contributed by atoms with Crippen LogP contribution in [0.25, 0.3) is 0 Å². The number of carbonyl (C=O) groups excluding carboxylic acids is 3. The van der Waals surface area contributed by atoms with Crippen LogP contribution in [0.4, 0.5) is 16.2 Å². The van der Waals surface area contributed by atoms with Gasteiger partial charge in [0.25, 0.3) is 5.91 Å². The van der Waals surface area contributed by atoms with Gasteiger partial charge >= 0.3 is 6.03 Å². The first-order valence-corrected chi connectivity index (χ1v) is 8.41. The second-order valence-electron chi connectivity index (χ2n) is 5.40. The number of benzene rings is 2. The monoisotopic (exact) mass is 415 g/mol. The summed E-state index contributed by atoms with van der Waals surface area (Å²) in [6.07, 6.45) is 1.23. The topological polar surface area (TPSA) is 88.1 Å². The van der Waals surface area contributed by atoms with Gasteiger partial charge in [-0.05, 0) is 36.4 Å². The van der Waals surface area contributed by atoms with Gasteiger partial charge in [-0.2, -0.15) is 0 Å². The lowest BCUT2D eigenvalue weighted by Gasteiger charge is -2.28. The fourth-order valence-electron chi connectivity index (χ4n) is 2.41. The van der Waals surface area contributed by atoms with Crippen molar-refractivity contribution in [2.45, 2.75) is 0 Å². The van der Waals surface area contributed by atoms with Crippen molar-refractivity contribution in [3.05, 3.63) is 53.0 Å². The van der Waals surface area contributed by atoms with E-state index in [0.29, 0.717) is 17.1 Å². The predicted molar refractivity (Wildman–Crippen MR) is 99.8 cm³/mol. The molecule has 26 heavy (non-hydrogen) atoms. The first-order chi connectivity index (χ1) is 12.5. The van der Waals surface area contributed by atoms with E-state index < -0.39 is 23.8 Å². The molecule has 1 atom stereocenters. The third-order valence-electron chi connectivity index (χ3n) is 3.71. The zero-order chi connectivity index (χ0) is 18.7. The van der Waals surface area contributed by atoms with Crippen LogP contribution in [0.3, 0.4) is 0 Å². The summed E-state index contributed by atoms with van der Waals surface area (Å²) in [7, 11) is 1.53. The van der Waals surface area contributed by atoms with Crippen molar-refractivity contribution in [3.8, 4) is 5.75 Å². The number of urea groups is 1. The minimum absolute atomic E-state index is 0.364. The summed E-state index contributed by atoms with van der Waals surface area (Å²) >= 11 is 3.29. The maximum Gasteiger partial charge on any atom is 0.335 e. The van der Waals surface area contributed by atoms with E-state index in [1.165, 1.54) is 13.3 Å². The van der Waals surface area contributed by atoms with E-state index in [0.717, 1.165) is 9.37 Å². The zero-order valence-corrected chi connectivity index (χ0v) is 15.3. The van der Waals surface area contributed by atoms with E-state index in [-0.39, 0.29) is 0 Å². The maximum atomic E-state index is 12.7. The normalized spacial score (nSPS) is 17.5. The smallest absolute Gasteiger partial charge is 0.335 e. The molecule has 0 aliphatic carbocycles. The van der Waals surface area contributed by atoms with Gasteiger partial charge in [-0.1, -0.05) is 22.0 Å². The number of halogens is 1. The van der Waals surface area contributed by atoms with E-state index in [4.69, 9.17) is 4.74 Å². The Morgan fingerprint density at radius 1 is 1.15 bits per heavy atom. The number of methoxy groups -OCH3 is 1. The number of imide groups is 2. The highest BCUT2D eigenvalue weighted by atomic mass is 79.9. The Morgan fingerprint density at radius 2 is 1.88 bits per heavy atom. The molecular formula is C18H14BrN3O4. The number of hydrogen-bond donors (Lipinski definition) is 1. The molecule has 132 valence electrons. The molecule has 0 aromatic heterocycles. The molecule has 2 aromatic carbocycles. The van der Waals surface area contributed by atoms with Gasteiger partial charge < -0.3 is 4.74 Å². The summed E-state index contributed by atoms with van der Waals surface area (Å²) in [4.78, 5) is 42.0. The number of aliphatic imine (C=N–C) groups is 1. The molecular weight excluding hydrogens is 402 g/mol. The van der Waals surface area contributed by atoms with Crippen LogP contribution in [0.2, 0.25) is 0 Å². The number of anilines is 1. The molecule has 1 N–H and O–H groups in total. The summed E-state index contributed by atoms with van der Waals surface area (Å²) in [5.41, 5.74) is 0.889. The Kier molecular flexibility index (Phi) is 5.13. The van der Waals surface area contributed by atoms with Crippen LogP contribution in [-0.4, -0.2) is 31.2 Å². The van der Waals surface area contributed by atoms with E-state index in [1.54, 1.807) is 48.5 Å². The van der Waals surface area contributed by atoms with Gasteiger partial charge in [-0.25, -0.2) is 9.69 Å². The molecule has 2 aromatic rings. The van der Waals surface area contributed by atoms with Gasteiger partial charge in [0.05, 0.1) is 18.5 Å². The summed E-state index contributed by atoms with van der Waals surface area (Å²) in [6.45, 7) is 0. The predicted octanol–water partition coefficient (Wildman–Crippen LogP) is 3.06. The molecule has 4 amide bonds. The molecule has 0 unspecified atom stereocenters. The standard InChI is InChI=1S/C18H14BrN3O4/c1-26-14-4-2-3-12(9-14)20-10-15-16(23)21-18(25)22(17(15)24)13-7-5-11(19)6-8-13/h2-10,15H,1H3,(H,21,23,25)/t15-/m0/s1. The van der Waals surface area contributed by atoms with E-state index in [9.17, 15) is 14.4 Å². The molecule has 1 saturated heterocycles.